The molecule has 4 aromatic rings. The molecule has 1 saturated carbocycles. The molecule has 0 unspecified atom stereocenters. The smallest absolute Gasteiger partial charge is 0.328 e. The second-order valence-corrected chi connectivity index (χ2v) is 11.9. The van der Waals surface area contributed by atoms with Crippen molar-refractivity contribution >= 4 is 40.4 Å². The van der Waals surface area contributed by atoms with Crippen molar-refractivity contribution < 1.29 is 24.2 Å². The third-order valence-electron chi connectivity index (χ3n) is 8.93. The lowest BCUT2D eigenvalue weighted by Gasteiger charge is -2.29. The molecule has 10 nitrogen and oxygen atoms in total. The molecule has 0 atom stereocenters. The molecule has 3 N–H and O–H groups in total. The van der Waals surface area contributed by atoms with Crippen molar-refractivity contribution in [1.82, 2.24) is 19.9 Å². The number of ether oxygens (including phenoxy) is 1. The van der Waals surface area contributed by atoms with E-state index in [9.17, 15) is 14.4 Å². The highest BCUT2D eigenvalue weighted by Gasteiger charge is 2.41. The summed E-state index contributed by atoms with van der Waals surface area (Å²) in [7, 11) is 2.00. The van der Waals surface area contributed by atoms with E-state index >= 15 is 0 Å². The third-order valence-corrected chi connectivity index (χ3v) is 8.93. The summed E-state index contributed by atoms with van der Waals surface area (Å²) in [6.07, 6.45) is 16.7. The minimum atomic E-state index is -1.17. The maximum absolute atomic E-state index is 13.8. The summed E-state index contributed by atoms with van der Waals surface area (Å²) in [6.45, 7) is 2.19. The Bertz CT molecular complexity index is 1850. The standard InChI is InChI=1S/C36H37N5O5/c1-3-46-30-21-26(13-10-23(30)12-15-31(42)43)39-35(45)36(16-6-7-17-36)40-34(44)25-11-14-27-29(20-25)41(2)33(28-22-37-18-19-38-28)32(27)24-8-4-5-9-24/h6-7,10-15,18-22,24H,3-5,8-9,16-17H2,1-2H3,(H,39,45)(H,40,44)(H,42,43)/b15-12+. The first-order valence-corrected chi connectivity index (χ1v) is 15.6. The average molecular weight is 620 g/mol. The van der Waals surface area contributed by atoms with Gasteiger partial charge in [0.2, 0.25) is 0 Å². The second-order valence-electron chi connectivity index (χ2n) is 11.9. The molecule has 0 radical (unpaired) electrons. The molecule has 2 aromatic carbocycles. The van der Waals surface area contributed by atoms with E-state index in [-0.39, 0.29) is 11.8 Å². The molecule has 6 rings (SSSR count). The van der Waals surface area contributed by atoms with Crippen LogP contribution in [0.25, 0.3) is 28.4 Å². The zero-order valence-corrected chi connectivity index (χ0v) is 26.0. The van der Waals surface area contributed by atoms with Crippen molar-refractivity contribution in [3.63, 3.8) is 0 Å². The van der Waals surface area contributed by atoms with E-state index in [1.54, 1.807) is 36.8 Å². The minimum Gasteiger partial charge on any atom is -0.493 e. The first-order chi connectivity index (χ1) is 22.3. The average Bonchev–Trinajstić information content (AvgIpc) is 3.82. The highest BCUT2D eigenvalue weighted by atomic mass is 16.5. The van der Waals surface area contributed by atoms with Gasteiger partial charge in [0.15, 0.2) is 0 Å². The number of rotatable bonds is 10. The highest BCUT2D eigenvalue weighted by molar-refractivity contribution is 6.06. The van der Waals surface area contributed by atoms with Crippen LogP contribution in [0.3, 0.4) is 0 Å². The van der Waals surface area contributed by atoms with Crippen LogP contribution in [-0.4, -0.2) is 49.6 Å². The fraction of sp³-hybridized carbons (Fsp3) is 0.306. The number of aryl methyl sites for hydroxylation is 1. The molecular weight excluding hydrogens is 582 g/mol. The Morgan fingerprint density at radius 2 is 1.87 bits per heavy atom. The molecule has 0 bridgehead atoms. The van der Waals surface area contributed by atoms with Crippen molar-refractivity contribution in [2.24, 2.45) is 7.05 Å². The Labute approximate surface area is 267 Å². The van der Waals surface area contributed by atoms with E-state index in [1.807, 2.05) is 44.3 Å². The number of hydrogen-bond donors (Lipinski definition) is 3. The number of aromatic nitrogens is 3. The molecule has 46 heavy (non-hydrogen) atoms. The number of hydrogen-bond acceptors (Lipinski definition) is 6. The van der Waals surface area contributed by atoms with E-state index in [0.29, 0.717) is 47.9 Å². The number of carbonyl (C=O) groups is 3. The van der Waals surface area contributed by atoms with Crippen LogP contribution in [0.1, 0.15) is 72.9 Å². The van der Waals surface area contributed by atoms with Gasteiger partial charge in [-0.15, -0.1) is 0 Å². The van der Waals surface area contributed by atoms with Crippen LogP contribution in [0.5, 0.6) is 5.75 Å². The Kier molecular flexibility index (Phi) is 8.70. The Morgan fingerprint density at radius 1 is 1.09 bits per heavy atom. The van der Waals surface area contributed by atoms with Gasteiger partial charge in [-0.3, -0.25) is 19.6 Å². The lowest BCUT2D eigenvalue weighted by molar-refractivity contribution is -0.131. The zero-order valence-electron chi connectivity index (χ0n) is 26.0. The van der Waals surface area contributed by atoms with Crippen molar-refractivity contribution in [3.8, 4) is 17.1 Å². The SMILES string of the molecule is CCOc1cc(NC(=O)C2(NC(=O)c3ccc4c(C5CCCC5)c(-c5cnccn5)n(C)c4c3)CC=CC2)ccc1/C=C/C(=O)O. The van der Waals surface area contributed by atoms with Gasteiger partial charge in [0, 0.05) is 59.3 Å². The van der Waals surface area contributed by atoms with Crippen LogP contribution in [0.2, 0.25) is 0 Å². The predicted molar refractivity (Wildman–Crippen MR) is 177 cm³/mol. The summed E-state index contributed by atoms with van der Waals surface area (Å²) in [5.74, 6) is -0.903. The van der Waals surface area contributed by atoms with Crippen molar-refractivity contribution in [2.45, 2.75) is 56.9 Å². The largest absolute Gasteiger partial charge is 0.493 e. The van der Waals surface area contributed by atoms with Crippen LogP contribution in [-0.2, 0) is 16.6 Å². The molecule has 0 aliphatic heterocycles. The number of carboxylic acid groups (broad SMARTS) is 1. The second kappa shape index (κ2) is 13.0. The molecule has 2 aliphatic carbocycles. The van der Waals surface area contributed by atoms with Gasteiger partial charge in [-0.05, 0) is 74.4 Å². The fourth-order valence-corrected chi connectivity index (χ4v) is 6.69. The van der Waals surface area contributed by atoms with Crippen molar-refractivity contribution in [1.29, 1.82) is 0 Å². The quantitative estimate of drug-likeness (QED) is 0.141. The van der Waals surface area contributed by atoms with E-state index < -0.39 is 11.5 Å². The van der Waals surface area contributed by atoms with Gasteiger partial charge in [0.25, 0.3) is 11.8 Å². The number of carbonyl (C=O) groups excluding carboxylic acids is 2. The number of benzene rings is 2. The van der Waals surface area contributed by atoms with Gasteiger partial charge in [0.05, 0.1) is 18.5 Å². The Hall–Kier alpha value is -5.25. The Balaban J connectivity index is 1.28. The highest BCUT2D eigenvalue weighted by Crippen LogP contribution is 2.44. The lowest BCUT2D eigenvalue weighted by Crippen LogP contribution is -2.55. The molecule has 2 heterocycles. The molecule has 2 aliphatic rings. The van der Waals surface area contributed by atoms with Gasteiger partial charge < -0.3 is 25.0 Å². The number of carboxylic acids is 1. The summed E-state index contributed by atoms with van der Waals surface area (Å²) in [5, 5.41) is 16.1. The molecule has 2 amide bonds. The number of aliphatic carboxylic acids is 1. The van der Waals surface area contributed by atoms with E-state index in [4.69, 9.17) is 9.84 Å². The van der Waals surface area contributed by atoms with Gasteiger partial charge in [-0.2, -0.15) is 0 Å². The third kappa shape index (κ3) is 6.02. The molecular formula is C36H37N5O5. The normalized spacial score (nSPS) is 15.9. The summed E-state index contributed by atoms with van der Waals surface area (Å²) in [5.41, 5.74) is 4.36. The lowest BCUT2D eigenvalue weighted by atomic mass is 9.92. The predicted octanol–water partition coefficient (Wildman–Crippen LogP) is 6.25. The number of amides is 2. The molecule has 0 saturated heterocycles. The maximum atomic E-state index is 13.8. The fourth-order valence-electron chi connectivity index (χ4n) is 6.69. The first-order valence-electron chi connectivity index (χ1n) is 15.6. The van der Waals surface area contributed by atoms with Gasteiger partial charge in [-0.1, -0.05) is 31.1 Å². The minimum absolute atomic E-state index is 0.338. The molecule has 10 heteroatoms. The zero-order chi connectivity index (χ0) is 32.3. The van der Waals surface area contributed by atoms with E-state index in [1.165, 1.54) is 24.5 Å². The number of anilines is 1. The topological polar surface area (TPSA) is 135 Å². The van der Waals surface area contributed by atoms with Crippen LogP contribution in [0.15, 0.2) is 73.2 Å². The summed E-state index contributed by atoms with van der Waals surface area (Å²) in [4.78, 5) is 47.5. The maximum Gasteiger partial charge on any atom is 0.328 e. The van der Waals surface area contributed by atoms with Gasteiger partial charge in [-0.25, -0.2) is 4.79 Å². The van der Waals surface area contributed by atoms with Crippen LogP contribution < -0.4 is 15.4 Å². The first kappa shape index (κ1) is 30.8. The molecule has 2 aromatic heterocycles. The van der Waals surface area contributed by atoms with Crippen LogP contribution in [0.4, 0.5) is 5.69 Å². The monoisotopic (exact) mass is 619 g/mol. The number of fused-ring (bicyclic) bond motifs is 1. The van der Waals surface area contributed by atoms with Gasteiger partial charge >= 0.3 is 5.97 Å². The summed E-state index contributed by atoms with van der Waals surface area (Å²) < 4.78 is 7.80. The number of nitrogens with zero attached hydrogens (tertiary/aromatic N) is 3. The van der Waals surface area contributed by atoms with E-state index in [0.717, 1.165) is 41.2 Å². The van der Waals surface area contributed by atoms with Crippen LogP contribution >= 0.6 is 0 Å². The number of nitrogens with one attached hydrogen (secondary N) is 2. The van der Waals surface area contributed by atoms with Gasteiger partial charge in [0.1, 0.15) is 17.0 Å². The van der Waals surface area contributed by atoms with Crippen molar-refractivity contribution in [2.75, 3.05) is 11.9 Å². The van der Waals surface area contributed by atoms with Crippen LogP contribution in [0, 0.1) is 0 Å². The molecule has 0 spiro atoms. The van der Waals surface area contributed by atoms with Crippen molar-refractivity contribution in [3.05, 3.63) is 89.9 Å². The molecule has 1 fully saturated rings. The summed E-state index contributed by atoms with van der Waals surface area (Å²) in [6, 6.07) is 10.8. The Morgan fingerprint density at radius 3 is 2.57 bits per heavy atom. The molecule has 236 valence electrons. The summed E-state index contributed by atoms with van der Waals surface area (Å²) >= 11 is 0. The van der Waals surface area contributed by atoms with E-state index in [2.05, 4.69) is 25.2 Å².